The summed E-state index contributed by atoms with van der Waals surface area (Å²) < 4.78 is 11.7. The van der Waals surface area contributed by atoms with Crippen LogP contribution in [-0.2, 0) is 6.54 Å². The second-order valence-corrected chi connectivity index (χ2v) is 7.97. The Morgan fingerprint density at radius 3 is 2.58 bits per heavy atom. The van der Waals surface area contributed by atoms with E-state index >= 15 is 0 Å². The van der Waals surface area contributed by atoms with Crippen molar-refractivity contribution in [3.8, 4) is 11.6 Å². The van der Waals surface area contributed by atoms with Gasteiger partial charge in [0.15, 0.2) is 5.69 Å². The lowest BCUT2D eigenvalue weighted by molar-refractivity contribution is 0.0948. The zero-order valence-corrected chi connectivity index (χ0v) is 20.3. The molecular formula is C24H27N9O3. The molecule has 36 heavy (non-hydrogen) atoms. The van der Waals surface area contributed by atoms with Gasteiger partial charge in [-0.3, -0.25) is 4.79 Å². The highest BCUT2D eigenvalue weighted by atomic mass is 16.6. The third-order valence-corrected chi connectivity index (χ3v) is 5.33. The lowest BCUT2D eigenvalue weighted by Crippen LogP contribution is -2.25. The molecule has 0 fully saturated rings. The predicted molar refractivity (Wildman–Crippen MR) is 134 cm³/mol. The largest absolute Gasteiger partial charge is 0.494 e. The molecule has 2 aromatic carbocycles. The number of hydrogen-bond donors (Lipinski definition) is 2. The Kier molecular flexibility index (Phi) is 7.54. The van der Waals surface area contributed by atoms with Gasteiger partial charge >= 0.3 is 0 Å². The smallest absolute Gasteiger partial charge is 0.293 e. The van der Waals surface area contributed by atoms with Crippen LogP contribution >= 0.6 is 0 Å². The van der Waals surface area contributed by atoms with Crippen molar-refractivity contribution in [1.29, 1.82) is 0 Å². The second kappa shape index (κ2) is 11.1. The Bertz CT molecular complexity index is 1330. The third-order valence-electron chi connectivity index (χ3n) is 5.33. The van der Waals surface area contributed by atoms with Crippen molar-refractivity contribution < 1.29 is 14.2 Å². The molecule has 12 nitrogen and oxygen atoms in total. The Morgan fingerprint density at radius 1 is 1.17 bits per heavy atom. The molecule has 0 aliphatic rings. The molecule has 4 aromatic rings. The van der Waals surface area contributed by atoms with Crippen LogP contribution in [0, 0.1) is 0 Å². The molecule has 0 spiro atoms. The van der Waals surface area contributed by atoms with Gasteiger partial charge in [0, 0.05) is 12.7 Å². The monoisotopic (exact) mass is 489 g/mol. The molecule has 0 saturated heterocycles. The van der Waals surface area contributed by atoms with Gasteiger partial charge in [-0.1, -0.05) is 30.3 Å². The van der Waals surface area contributed by atoms with Crippen molar-refractivity contribution >= 4 is 23.1 Å². The first-order valence-electron chi connectivity index (χ1n) is 11.3. The molecule has 0 aliphatic heterocycles. The number of rotatable bonds is 10. The molecule has 12 heteroatoms. The van der Waals surface area contributed by atoms with E-state index in [0.29, 0.717) is 18.0 Å². The standard InChI is InChI=1S/C24H27N9O3/c1-4-14-35-19-12-10-17(11-13-19)16(2)26-28-24(34)21-20(15-32(3)18-8-6-5-7-9-18)33(31-27-21)23-22(25)29-36-30-23/h5-13H,4,14-15H2,1-3H3,(H2,25,29)(H,28,34)/b26-16-. The van der Waals surface area contributed by atoms with Crippen LogP contribution in [0.15, 0.2) is 64.3 Å². The quantitative estimate of drug-likeness (QED) is 0.253. The molecule has 0 radical (unpaired) electrons. The fourth-order valence-corrected chi connectivity index (χ4v) is 3.39. The van der Waals surface area contributed by atoms with Crippen LogP contribution < -0.4 is 20.8 Å². The lowest BCUT2D eigenvalue weighted by Gasteiger charge is -2.19. The molecule has 2 aromatic heterocycles. The summed E-state index contributed by atoms with van der Waals surface area (Å²) in [6.07, 6.45) is 0.932. The molecule has 0 bridgehead atoms. The van der Waals surface area contributed by atoms with E-state index in [0.717, 1.165) is 23.4 Å². The van der Waals surface area contributed by atoms with Crippen molar-refractivity contribution in [3.63, 3.8) is 0 Å². The summed E-state index contributed by atoms with van der Waals surface area (Å²) in [6.45, 7) is 4.77. The number of hydrazone groups is 1. The maximum Gasteiger partial charge on any atom is 0.293 e. The topological polar surface area (TPSA) is 150 Å². The normalized spacial score (nSPS) is 11.4. The lowest BCUT2D eigenvalue weighted by atomic mass is 10.1. The highest BCUT2D eigenvalue weighted by Crippen LogP contribution is 2.20. The molecule has 0 saturated carbocycles. The zero-order valence-electron chi connectivity index (χ0n) is 20.3. The minimum atomic E-state index is -0.532. The maximum absolute atomic E-state index is 13.1. The van der Waals surface area contributed by atoms with Crippen molar-refractivity contribution in [2.24, 2.45) is 5.10 Å². The van der Waals surface area contributed by atoms with Crippen molar-refractivity contribution in [2.45, 2.75) is 26.8 Å². The summed E-state index contributed by atoms with van der Waals surface area (Å²) in [5.41, 5.74) is 11.3. The summed E-state index contributed by atoms with van der Waals surface area (Å²) >= 11 is 0. The van der Waals surface area contributed by atoms with Gasteiger partial charge in [0.2, 0.25) is 11.6 Å². The predicted octanol–water partition coefficient (Wildman–Crippen LogP) is 2.81. The fourth-order valence-electron chi connectivity index (χ4n) is 3.39. The number of anilines is 2. The first-order valence-corrected chi connectivity index (χ1v) is 11.3. The van der Waals surface area contributed by atoms with Gasteiger partial charge < -0.3 is 15.4 Å². The number of ether oxygens (including phenoxy) is 1. The van der Waals surface area contributed by atoms with Gasteiger partial charge in [0.25, 0.3) is 5.91 Å². The van der Waals surface area contributed by atoms with Gasteiger partial charge in [0.1, 0.15) is 5.75 Å². The summed E-state index contributed by atoms with van der Waals surface area (Å²) in [5, 5.41) is 19.8. The molecule has 0 aliphatic carbocycles. The third kappa shape index (κ3) is 5.49. The van der Waals surface area contributed by atoms with E-state index in [4.69, 9.17) is 15.1 Å². The number of aromatic nitrogens is 5. The van der Waals surface area contributed by atoms with Gasteiger partial charge in [-0.2, -0.15) is 9.78 Å². The van der Waals surface area contributed by atoms with E-state index in [9.17, 15) is 4.79 Å². The van der Waals surface area contributed by atoms with E-state index in [1.165, 1.54) is 4.68 Å². The number of nitrogen functional groups attached to an aromatic ring is 1. The van der Waals surface area contributed by atoms with Crippen LogP contribution in [-0.4, -0.2) is 50.6 Å². The number of carbonyl (C=O) groups is 1. The molecule has 2 heterocycles. The Hall–Kier alpha value is -4.74. The van der Waals surface area contributed by atoms with Gasteiger partial charge in [-0.05, 0) is 65.6 Å². The van der Waals surface area contributed by atoms with E-state index in [1.54, 1.807) is 6.92 Å². The van der Waals surface area contributed by atoms with E-state index in [-0.39, 0.29) is 23.9 Å². The van der Waals surface area contributed by atoms with Crippen LogP contribution in [0.2, 0.25) is 0 Å². The van der Waals surface area contributed by atoms with Gasteiger partial charge in [-0.25, -0.2) is 10.1 Å². The summed E-state index contributed by atoms with van der Waals surface area (Å²) in [4.78, 5) is 15.0. The van der Waals surface area contributed by atoms with Gasteiger partial charge in [-0.15, -0.1) is 5.10 Å². The molecular weight excluding hydrogens is 462 g/mol. The number of nitrogens with zero attached hydrogens (tertiary/aromatic N) is 7. The minimum Gasteiger partial charge on any atom is -0.494 e. The highest BCUT2D eigenvalue weighted by Gasteiger charge is 2.25. The van der Waals surface area contributed by atoms with Crippen LogP contribution in [0.1, 0.15) is 42.0 Å². The average Bonchev–Trinajstić information content (AvgIpc) is 3.52. The van der Waals surface area contributed by atoms with Crippen molar-refractivity contribution in [3.05, 3.63) is 71.5 Å². The molecule has 186 valence electrons. The number of para-hydroxylation sites is 1. The number of hydrogen-bond acceptors (Lipinski definition) is 10. The first-order chi connectivity index (χ1) is 17.5. The van der Waals surface area contributed by atoms with Crippen LogP contribution in [0.4, 0.5) is 11.5 Å². The molecule has 0 unspecified atom stereocenters. The Morgan fingerprint density at radius 2 is 1.92 bits per heavy atom. The SMILES string of the molecule is CCCOc1ccc(/C(C)=N\NC(=O)c2nnn(-c3nonc3N)c2CN(C)c2ccccc2)cc1. The number of nitrogens with two attached hydrogens (primary N) is 1. The highest BCUT2D eigenvalue weighted by molar-refractivity contribution is 6.00. The molecule has 3 N–H and O–H groups in total. The number of amides is 1. The number of benzene rings is 2. The first kappa shape index (κ1) is 24.4. The summed E-state index contributed by atoms with van der Waals surface area (Å²) in [7, 11) is 1.88. The molecule has 1 amide bonds. The van der Waals surface area contributed by atoms with Crippen LogP contribution in [0.25, 0.3) is 5.82 Å². The molecule has 4 rings (SSSR count). The Balaban J connectivity index is 1.56. The summed E-state index contributed by atoms with van der Waals surface area (Å²) in [6, 6.07) is 17.2. The van der Waals surface area contributed by atoms with E-state index in [1.807, 2.05) is 66.5 Å². The minimum absolute atomic E-state index is 0.0238. The van der Waals surface area contributed by atoms with Crippen molar-refractivity contribution in [1.82, 2.24) is 30.7 Å². The fraction of sp³-hybridized carbons (Fsp3) is 0.250. The van der Waals surface area contributed by atoms with E-state index < -0.39 is 5.91 Å². The molecule has 0 atom stereocenters. The number of nitrogens with one attached hydrogen (secondary N) is 1. The average molecular weight is 490 g/mol. The number of carbonyl (C=O) groups excluding carboxylic acids is 1. The van der Waals surface area contributed by atoms with Crippen LogP contribution in [0.5, 0.6) is 5.75 Å². The van der Waals surface area contributed by atoms with Crippen LogP contribution in [0.3, 0.4) is 0 Å². The second-order valence-electron chi connectivity index (χ2n) is 7.97. The van der Waals surface area contributed by atoms with E-state index in [2.05, 4.69) is 38.1 Å². The maximum atomic E-state index is 13.1. The van der Waals surface area contributed by atoms with Crippen molar-refractivity contribution in [2.75, 3.05) is 24.3 Å². The summed E-state index contributed by atoms with van der Waals surface area (Å²) in [5.74, 6) is 0.414. The Labute approximate surface area is 207 Å². The zero-order chi connectivity index (χ0) is 25.5. The van der Waals surface area contributed by atoms with Gasteiger partial charge in [0.05, 0.1) is 24.6 Å².